The number of nitrogens with one attached hydrogen (secondary N) is 1. The van der Waals surface area contributed by atoms with Crippen molar-refractivity contribution in [3.8, 4) is 22.3 Å². The van der Waals surface area contributed by atoms with E-state index in [0.717, 1.165) is 21.3 Å². The minimum atomic E-state index is -0.472. The van der Waals surface area contributed by atoms with Crippen molar-refractivity contribution in [2.45, 2.75) is 5.41 Å². The van der Waals surface area contributed by atoms with Crippen molar-refractivity contribution in [3.63, 3.8) is 0 Å². The van der Waals surface area contributed by atoms with Gasteiger partial charge in [-0.3, -0.25) is 4.79 Å². The summed E-state index contributed by atoms with van der Waals surface area (Å²) in [6, 6.07) is 52.4. The molecule has 1 aliphatic carbocycles. The molecule has 2 nitrogen and oxygen atoms in total. The van der Waals surface area contributed by atoms with Crippen LogP contribution < -0.4 is 5.32 Å². The maximum absolute atomic E-state index is 13.3. The largest absolute Gasteiger partial charge is 0.321 e. The van der Waals surface area contributed by atoms with Gasteiger partial charge in [-0.25, -0.2) is 0 Å². The Balaban J connectivity index is 1.47. The summed E-state index contributed by atoms with van der Waals surface area (Å²) in [5, 5.41) is 3.19. The number of carbonyl (C=O) groups is 1. The van der Waals surface area contributed by atoms with Gasteiger partial charge in [0.25, 0.3) is 5.91 Å². The number of benzene rings is 6. The zero-order valence-electron chi connectivity index (χ0n) is 22.2. The monoisotopic (exact) mass is 591 g/mol. The highest BCUT2D eigenvalue weighted by Crippen LogP contribution is 2.58. The molecule has 0 atom stereocenters. The molecule has 0 fully saturated rings. The van der Waals surface area contributed by atoms with Crippen molar-refractivity contribution >= 4 is 27.5 Å². The fraction of sp³-hybridized carbons (Fsp3) is 0.0263. The van der Waals surface area contributed by atoms with Crippen LogP contribution in [0.1, 0.15) is 32.6 Å². The van der Waals surface area contributed by atoms with Gasteiger partial charge in [-0.1, -0.05) is 137 Å². The van der Waals surface area contributed by atoms with Crippen LogP contribution in [0.15, 0.2) is 156 Å². The van der Waals surface area contributed by atoms with Gasteiger partial charge in [-0.2, -0.15) is 0 Å². The molecule has 0 spiro atoms. The predicted octanol–water partition coefficient (Wildman–Crippen LogP) is 9.73. The van der Waals surface area contributed by atoms with Gasteiger partial charge in [-0.05, 0) is 69.3 Å². The van der Waals surface area contributed by atoms with Crippen LogP contribution >= 0.6 is 15.9 Å². The number of hydrogen-bond acceptors (Lipinski definition) is 1. The number of halogens is 1. The van der Waals surface area contributed by atoms with E-state index in [1.807, 2.05) is 42.5 Å². The lowest BCUT2D eigenvalue weighted by molar-refractivity contribution is 0.102. The van der Waals surface area contributed by atoms with Gasteiger partial charge in [0.1, 0.15) is 0 Å². The normalized spacial score (nSPS) is 12.8. The van der Waals surface area contributed by atoms with Gasteiger partial charge in [-0.15, -0.1) is 0 Å². The van der Waals surface area contributed by atoms with Crippen molar-refractivity contribution in [3.05, 3.63) is 184 Å². The molecule has 0 unspecified atom stereocenters. The summed E-state index contributed by atoms with van der Waals surface area (Å²) in [7, 11) is 0. The first-order valence-electron chi connectivity index (χ1n) is 13.7. The van der Waals surface area contributed by atoms with Crippen molar-refractivity contribution in [2.75, 3.05) is 5.32 Å². The smallest absolute Gasteiger partial charge is 0.255 e. The van der Waals surface area contributed by atoms with Crippen LogP contribution in [0.25, 0.3) is 22.3 Å². The Morgan fingerprint density at radius 1 is 0.512 bits per heavy atom. The second kappa shape index (κ2) is 10.3. The summed E-state index contributed by atoms with van der Waals surface area (Å²) >= 11 is 3.46. The average Bonchev–Trinajstić information content (AvgIpc) is 3.34. The summed E-state index contributed by atoms with van der Waals surface area (Å²) in [6.07, 6.45) is 0. The zero-order valence-corrected chi connectivity index (χ0v) is 23.8. The molecule has 7 rings (SSSR count). The number of hydrogen-bond donors (Lipinski definition) is 1. The van der Waals surface area contributed by atoms with Gasteiger partial charge in [0.15, 0.2) is 0 Å². The minimum Gasteiger partial charge on any atom is -0.321 e. The molecule has 3 heteroatoms. The van der Waals surface area contributed by atoms with Crippen LogP contribution in [-0.4, -0.2) is 5.91 Å². The van der Waals surface area contributed by atoms with Gasteiger partial charge < -0.3 is 5.32 Å². The number of carbonyl (C=O) groups excluding carboxylic acids is 1. The van der Waals surface area contributed by atoms with Crippen LogP contribution in [0.2, 0.25) is 0 Å². The fourth-order valence-electron chi connectivity index (χ4n) is 6.34. The van der Waals surface area contributed by atoms with E-state index >= 15 is 0 Å². The maximum Gasteiger partial charge on any atom is 0.255 e. The molecule has 1 aliphatic rings. The summed E-state index contributed by atoms with van der Waals surface area (Å²) in [4.78, 5) is 13.3. The molecule has 1 N–H and O–H groups in total. The van der Waals surface area contributed by atoms with Gasteiger partial charge in [0.2, 0.25) is 0 Å². The van der Waals surface area contributed by atoms with Crippen LogP contribution in [0.3, 0.4) is 0 Å². The van der Waals surface area contributed by atoms with Crippen LogP contribution in [-0.2, 0) is 5.41 Å². The summed E-state index contributed by atoms with van der Waals surface area (Å²) < 4.78 is 0.938. The molecule has 1 amide bonds. The van der Waals surface area contributed by atoms with Crippen molar-refractivity contribution < 1.29 is 4.79 Å². The Bertz CT molecular complexity index is 1840. The molecule has 6 aromatic rings. The Morgan fingerprint density at radius 2 is 1.05 bits per heavy atom. The molecule has 0 saturated heterocycles. The molecule has 41 heavy (non-hydrogen) atoms. The van der Waals surface area contributed by atoms with E-state index in [-0.39, 0.29) is 5.91 Å². The summed E-state index contributed by atoms with van der Waals surface area (Å²) in [5.41, 5.74) is 10.4. The number of rotatable bonds is 5. The van der Waals surface area contributed by atoms with Gasteiger partial charge in [0, 0.05) is 21.3 Å². The number of amides is 1. The van der Waals surface area contributed by atoms with Crippen LogP contribution in [0.4, 0.5) is 5.69 Å². The van der Waals surface area contributed by atoms with Crippen molar-refractivity contribution in [2.24, 2.45) is 0 Å². The third-order valence-corrected chi connectivity index (χ3v) is 8.58. The Morgan fingerprint density at radius 3 is 1.73 bits per heavy atom. The van der Waals surface area contributed by atoms with Crippen LogP contribution in [0, 0.1) is 0 Å². The quantitative estimate of drug-likeness (QED) is 0.212. The molecular formula is C38H26BrNO. The topological polar surface area (TPSA) is 29.1 Å². The molecule has 196 valence electrons. The highest BCUT2D eigenvalue weighted by Gasteiger charge is 2.46. The van der Waals surface area contributed by atoms with Gasteiger partial charge >= 0.3 is 0 Å². The van der Waals surface area contributed by atoms with Crippen LogP contribution in [0.5, 0.6) is 0 Å². The first-order chi connectivity index (χ1) is 20.2. The van der Waals surface area contributed by atoms with Gasteiger partial charge in [0.05, 0.1) is 5.41 Å². The van der Waals surface area contributed by atoms with E-state index in [4.69, 9.17) is 0 Å². The lowest BCUT2D eigenvalue weighted by Crippen LogP contribution is -2.28. The Labute approximate surface area is 248 Å². The maximum atomic E-state index is 13.3. The molecule has 0 aliphatic heterocycles. The number of fused-ring (bicyclic) bond motifs is 3. The first-order valence-corrected chi connectivity index (χ1v) is 14.5. The average molecular weight is 593 g/mol. The standard InChI is InChI=1S/C38H26BrNO/c39-29-24-22-26(23-25-29)37(41)40-35-21-10-8-16-30(35)31-18-11-20-34-36(31)32-17-7-9-19-33(32)38(34,27-12-3-1-4-13-27)28-14-5-2-6-15-28/h1-25H,(H,40,41). The molecule has 0 radical (unpaired) electrons. The number of anilines is 1. The van der Waals surface area contributed by atoms with E-state index < -0.39 is 5.41 Å². The summed E-state index contributed by atoms with van der Waals surface area (Å²) in [6.45, 7) is 0. The zero-order chi connectivity index (χ0) is 27.8. The third kappa shape index (κ3) is 4.13. The van der Waals surface area contributed by atoms with E-state index in [1.54, 1.807) is 0 Å². The SMILES string of the molecule is O=C(Nc1ccccc1-c1cccc2c1-c1ccccc1C2(c1ccccc1)c1ccccc1)c1ccc(Br)cc1. The van der Waals surface area contributed by atoms with E-state index in [2.05, 4.69) is 130 Å². The lowest BCUT2D eigenvalue weighted by atomic mass is 9.67. The molecule has 0 saturated carbocycles. The van der Waals surface area contributed by atoms with E-state index in [1.165, 1.54) is 33.4 Å². The molecule has 0 aromatic heterocycles. The van der Waals surface area contributed by atoms with E-state index in [9.17, 15) is 4.79 Å². The lowest BCUT2D eigenvalue weighted by Gasteiger charge is -2.34. The second-order valence-electron chi connectivity index (χ2n) is 10.3. The molecular weight excluding hydrogens is 566 g/mol. The Hall–Kier alpha value is -4.73. The fourth-order valence-corrected chi connectivity index (χ4v) is 6.60. The first kappa shape index (κ1) is 25.3. The predicted molar refractivity (Wildman–Crippen MR) is 171 cm³/mol. The minimum absolute atomic E-state index is 0.138. The Kier molecular flexibility index (Phi) is 6.37. The summed E-state index contributed by atoms with van der Waals surface area (Å²) in [5.74, 6) is -0.138. The van der Waals surface area contributed by atoms with Crippen molar-refractivity contribution in [1.82, 2.24) is 0 Å². The third-order valence-electron chi connectivity index (χ3n) is 8.05. The second-order valence-corrected chi connectivity index (χ2v) is 11.2. The number of para-hydroxylation sites is 1. The molecule has 0 heterocycles. The molecule has 0 bridgehead atoms. The van der Waals surface area contributed by atoms with E-state index in [0.29, 0.717) is 5.56 Å². The highest BCUT2D eigenvalue weighted by atomic mass is 79.9. The highest BCUT2D eigenvalue weighted by molar-refractivity contribution is 9.10. The molecule has 6 aromatic carbocycles. The van der Waals surface area contributed by atoms with Crippen molar-refractivity contribution in [1.29, 1.82) is 0 Å².